The van der Waals surface area contributed by atoms with Crippen LogP contribution >= 0.6 is 11.8 Å². The monoisotopic (exact) mass is 218 g/mol. The van der Waals surface area contributed by atoms with Crippen LogP contribution in [-0.2, 0) is 9.47 Å². The van der Waals surface area contributed by atoms with Crippen molar-refractivity contribution >= 4 is 16.9 Å². The minimum absolute atomic E-state index is 0.549. The number of methoxy groups -OCH3 is 1. The molecule has 1 rings (SSSR count). The van der Waals surface area contributed by atoms with E-state index in [0.29, 0.717) is 25.9 Å². The van der Waals surface area contributed by atoms with Gasteiger partial charge in [0.2, 0.25) is 0 Å². The quantitative estimate of drug-likeness (QED) is 0.667. The molecule has 0 spiro atoms. The highest BCUT2D eigenvalue weighted by Crippen LogP contribution is 2.12. The Morgan fingerprint density at radius 2 is 2.36 bits per heavy atom. The fourth-order valence-corrected chi connectivity index (χ4v) is 2.00. The average molecular weight is 218 g/mol. The fraction of sp³-hybridized carbons (Fsp3) is 0.889. The highest BCUT2D eigenvalue weighted by molar-refractivity contribution is 8.14. The predicted molar refractivity (Wildman–Crippen MR) is 60.1 cm³/mol. The Labute approximate surface area is 89.4 Å². The van der Waals surface area contributed by atoms with Crippen LogP contribution in [0.15, 0.2) is 4.99 Å². The molecule has 1 unspecified atom stereocenters. The lowest BCUT2D eigenvalue weighted by atomic mass is 10.4. The van der Waals surface area contributed by atoms with E-state index in [1.807, 2.05) is 0 Å². The number of rotatable bonds is 6. The fourth-order valence-electron chi connectivity index (χ4n) is 1.05. The molecule has 0 saturated carbocycles. The van der Waals surface area contributed by atoms with Gasteiger partial charge in [0, 0.05) is 18.9 Å². The molecule has 1 aliphatic rings. The second-order valence-electron chi connectivity index (χ2n) is 3.15. The number of thioether (sulfide) groups is 1. The van der Waals surface area contributed by atoms with Gasteiger partial charge in [-0.25, -0.2) is 0 Å². The number of hydrogen-bond acceptors (Lipinski definition) is 4. The lowest BCUT2D eigenvalue weighted by Crippen LogP contribution is -2.23. The molecule has 0 aromatic rings. The zero-order valence-electron chi connectivity index (χ0n) is 8.78. The first-order chi connectivity index (χ1) is 6.83. The van der Waals surface area contributed by atoms with E-state index in [4.69, 9.17) is 9.47 Å². The summed E-state index contributed by atoms with van der Waals surface area (Å²) in [5.74, 6) is 1.11. The van der Waals surface area contributed by atoms with E-state index in [0.717, 1.165) is 17.5 Å². The van der Waals surface area contributed by atoms with Crippen molar-refractivity contribution in [2.75, 3.05) is 39.2 Å². The SMILES string of the molecule is COCCOCCN=C1NC(C)CS1. The Morgan fingerprint density at radius 3 is 3.00 bits per heavy atom. The van der Waals surface area contributed by atoms with E-state index in [2.05, 4.69) is 17.2 Å². The Kier molecular flexibility index (Phi) is 5.98. The van der Waals surface area contributed by atoms with Gasteiger partial charge in [0.05, 0.1) is 26.4 Å². The van der Waals surface area contributed by atoms with Crippen molar-refractivity contribution in [2.45, 2.75) is 13.0 Å². The van der Waals surface area contributed by atoms with Gasteiger partial charge in [0.25, 0.3) is 0 Å². The topological polar surface area (TPSA) is 42.9 Å². The molecule has 0 aromatic heterocycles. The third kappa shape index (κ3) is 4.83. The molecule has 1 heterocycles. The summed E-state index contributed by atoms with van der Waals surface area (Å²) in [7, 11) is 1.67. The van der Waals surface area contributed by atoms with Crippen LogP contribution in [0.2, 0.25) is 0 Å². The van der Waals surface area contributed by atoms with Gasteiger partial charge >= 0.3 is 0 Å². The molecule has 0 aromatic carbocycles. The molecule has 1 aliphatic heterocycles. The van der Waals surface area contributed by atoms with Crippen molar-refractivity contribution in [1.82, 2.24) is 5.32 Å². The van der Waals surface area contributed by atoms with Crippen LogP contribution in [0.1, 0.15) is 6.92 Å². The Hall–Kier alpha value is -0.260. The number of aliphatic imine (C=N–C) groups is 1. The summed E-state index contributed by atoms with van der Waals surface area (Å²) in [6.45, 7) is 4.86. The normalized spacial score (nSPS) is 24.1. The smallest absolute Gasteiger partial charge is 0.156 e. The first-order valence-corrected chi connectivity index (χ1v) is 5.82. The Morgan fingerprint density at radius 1 is 1.50 bits per heavy atom. The van der Waals surface area contributed by atoms with Gasteiger partial charge in [-0.2, -0.15) is 0 Å². The zero-order chi connectivity index (χ0) is 10.2. The first-order valence-electron chi connectivity index (χ1n) is 4.83. The van der Waals surface area contributed by atoms with E-state index in [-0.39, 0.29) is 0 Å². The second kappa shape index (κ2) is 7.09. The third-order valence-corrected chi connectivity index (χ3v) is 2.95. The maximum absolute atomic E-state index is 5.29. The van der Waals surface area contributed by atoms with Gasteiger partial charge in [-0.1, -0.05) is 11.8 Å². The van der Waals surface area contributed by atoms with Gasteiger partial charge in [-0.15, -0.1) is 0 Å². The van der Waals surface area contributed by atoms with E-state index in [9.17, 15) is 0 Å². The molecular weight excluding hydrogens is 200 g/mol. The highest BCUT2D eigenvalue weighted by atomic mass is 32.2. The van der Waals surface area contributed by atoms with Gasteiger partial charge in [-0.3, -0.25) is 4.99 Å². The number of nitrogens with zero attached hydrogens (tertiary/aromatic N) is 1. The van der Waals surface area contributed by atoms with Crippen LogP contribution in [0.3, 0.4) is 0 Å². The molecule has 1 N–H and O–H groups in total. The minimum Gasteiger partial charge on any atom is -0.382 e. The van der Waals surface area contributed by atoms with Crippen LogP contribution in [0.25, 0.3) is 0 Å². The van der Waals surface area contributed by atoms with Crippen LogP contribution in [0.4, 0.5) is 0 Å². The maximum atomic E-state index is 5.29. The van der Waals surface area contributed by atoms with Crippen molar-refractivity contribution in [2.24, 2.45) is 4.99 Å². The molecule has 1 fully saturated rings. The molecule has 1 atom stereocenters. The van der Waals surface area contributed by atoms with Crippen molar-refractivity contribution in [1.29, 1.82) is 0 Å². The summed E-state index contributed by atoms with van der Waals surface area (Å²) in [6.07, 6.45) is 0. The summed E-state index contributed by atoms with van der Waals surface area (Å²) < 4.78 is 10.2. The predicted octanol–water partition coefficient (Wildman–Crippen LogP) is 0.730. The summed E-state index contributed by atoms with van der Waals surface area (Å²) in [4.78, 5) is 4.37. The van der Waals surface area contributed by atoms with Crippen molar-refractivity contribution in [3.05, 3.63) is 0 Å². The zero-order valence-corrected chi connectivity index (χ0v) is 9.60. The van der Waals surface area contributed by atoms with Gasteiger partial charge < -0.3 is 14.8 Å². The standard InChI is InChI=1S/C9H18N2O2S/c1-8-7-14-9(11-8)10-3-4-13-6-5-12-2/h8H,3-7H2,1-2H3,(H,10,11). The molecule has 0 amide bonds. The molecular formula is C9H18N2O2S. The van der Waals surface area contributed by atoms with Crippen molar-refractivity contribution in [3.63, 3.8) is 0 Å². The minimum atomic E-state index is 0.549. The summed E-state index contributed by atoms with van der Waals surface area (Å²) >= 11 is 1.78. The Bertz CT molecular complexity index is 188. The van der Waals surface area contributed by atoms with Gasteiger partial charge in [0.15, 0.2) is 5.17 Å². The molecule has 5 heteroatoms. The molecule has 0 radical (unpaired) electrons. The van der Waals surface area contributed by atoms with E-state index >= 15 is 0 Å². The lowest BCUT2D eigenvalue weighted by molar-refractivity contribution is 0.0748. The van der Waals surface area contributed by atoms with E-state index in [1.54, 1.807) is 18.9 Å². The van der Waals surface area contributed by atoms with E-state index < -0.39 is 0 Å². The van der Waals surface area contributed by atoms with Crippen LogP contribution in [-0.4, -0.2) is 50.4 Å². The van der Waals surface area contributed by atoms with Gasteiger partial charge in [-0.05, 0) is 6.92 Å². The van der Waals surface area contributed by atoms with Crippen LogP contribution < -0.4 is 5.32 Å². The average Bonchev–Trinajstić information content (AvgIpc) is 2.58. The van der Waals surface area contributed by atoms with Crippen molar-refractivity contribution < 1.29 is 9.47 Å². The Balaban J connectivity index is 1.97. The summed E-state index contributed by atoms with van der Waals surface area (Å²) in [6, 6.07) is 0.549. The number of hydrogen-bond donors (Lipinski definition) is 1. The van der Waals surface area contributed by atoms with E-state index in [1.165, 1.54) is 0 Å². The maximum Gasteiger partial charge on any atom is 0.156 e. The summed E-state index contributed by atoms with van der Waals surface area (Å²) in [5, 5.41) is 4.34. The molecule has 0 bridgehead atoms. The largest absolute Gasteiger partial charge is 0.382 e. The lowest BCUT2D eigenvalue weighted by Gasteiger charge is -2.02. The molecule has 1 saturated heterocycles. The molecule has 14 heavy (non-hydrogen) atoms. The highest BCUT2D eigenvalue weighted by Gasteiger charge is 2.14. The third-order valence-electron chi connectivity index (χ3n) is 1.76. The second-order valence-corrected chi connectivity index (χ2v) is 4.16. The number of amidine groups is 1. The van der Waals surface area contributed by atoms with Gasteiger partial charge in [0.1, 0.15) is 0 Å². The van der Waals surface area contributed by atoms with Crippen LogP contribution in [0, 0.1) is 0 Å². The first kappa shape index (κ1) is 11.8. The molecule has 0 aliphatic carbocycles. The summed E-state index contributed by atoms with van der Waals surface area (Å²) in [5.41, 5.74) is 0. The number of nitrogens with one attached hydrogen (secondary N) is 1. The molecule has 4 nitrogen and oxygen atoms in total. The molecule has 82 valence electrons. The van der Waals surface area contributed by atoms with Crippen molar-refractivity contribution in [3.8, 4) is 0 Å². The number of ether oxygens (including phenoxy) is 2. The van der Waals surface area contributed by atoms with Crippen LogP contribution in [0.5, 0.6) is 0 Å².